The minimum atomic E-state index is -4.07. The highest BCUT2D eigenvalue weighted by atomic mass is 32.2. The lowest BCUT2D eigenvalue weighted by molar-refractivity contribution is -0.121. The first kappa shape index (κ1) is 20.2. The molecule has 1 saturated carbocycles. The Kier molecular flexibility index (Phi) is 4.93. The molecule has 2 heterocycles. The summed E-state index contributed by atoms with van der Waals surface area (Å²) in [6.45, 7) is 3.72. The number of ether oxygens (including phenoxy) is 2. The van der Waals surface area contributed by atoms with Crippen LogP contribution in [0.25, 0.3) is 10.9 Å². The number of H-pyrrole nitrogens is 1. The van der Waals surface area contributed by atoms with Gasteiger partial charge in [0.25, 0.3) is 10.0 Å². The summed E-state index contributed by atoms with van der Waals surface area (Å²) in [5, 5.41) is 0.523. The summed E-state index contributed by atoms with van der Waals surface area (Å²) in [5.74, 6) is 0.183. The van der Waals surface area contributed by atoms with Gasteiger partial charge < -0.3 is 14.5 Å². The maximum absolute atomic E-state index is 13.2. The third-order valence-corrected chi connectivity index (χ3v) is 6.57. The van der Waals surface area contributed by atoms with E-state index >= 15 is 0 Å². The summed E-state index contributed by atoms with van der Waals surface area (Å²) in [6.07, 6.45) is 4.00. The number of rotatable bonds is 7. The third-order valence-electron chi connectivity index (χ3n) is 5.18. The molecule has 0 spiro atoms. The smallest absolute Gasteiger partial charge is 0.264 e. The number of nitrogens with zero attached hydrogens (tertiary/aromatic N) is 1. The molecule has 1 aliphatic carbocycles. The zero-order valence-corrected chi connectivity index (χ0v) is 17.7. The summed E-state index contributed by atoms with van der Waals surface area (Å²) in [4.78, 5) is 20.5. The Labute approximate surface area is 174 Å². The summed E-state index contributed by atoms with van der Waals surface area (Å²) >= 11 is 0. The molecular formula is C21H23N3O5S. The molecule has 2 N–H and O–H groups in total. The first-order valence-electron chi connectivity index (χ1n) is 9.61. The van der Waals surface area contributed by atoms with Crippen molar-refractivity contribution < 1.29 is 22.7 Å². The van der Waals surface area contributed by atoms with Gasteiger partial charge in [-0.15, -0.1) is 0 Å². The van der Waals surface area contributed by atoms with E-state index in [-0.39, 0.29) is 11.0 Å². The van der Waals surface area contributed by atoms with Crippen LogP contribution in [0.5, 0.6) is 11.6 Å². The number of amides is 1. The summed E-state index contributed by atoms with van der Waals surface area (Å²) < 4.78 is 39.4. The zero-order chi connectivity index (χ0) is 21.5. The average molecular weight is 429 g/mol. The minimum absolute atomic E-state index is 0.0489. The van der Waals surface area contributed by atoms with Crippen molar-refractivity contribution in [2.24, 2.45) is 0 Å². The number of nitrogens with one attached hydrogen (secondary N) is 2. The second-order valence-electron chi connectivity index (χ2n) is 7.61. The lowest BCUT2D eigenvalue weighted by Crippen LogP contribution is -2.39. The number of carbonyl (C=O) groups excluding carboxylic acids is 1. The summed E-state index contributed by atoms with van der Waals surface area (Å²) in [5.41, 5.74) is 0.185. The highest BCUT2D eigenvalue weighted by Gasteiger charge is 2.54. The zero-order valence-electron chi connectivity index (χ0n) is 16.9. The molecule has 0 radical (unpaired) electrons. The number of aromatic amines is 1. The molecule has 158 valence electrons. The lowest BCUT2D eigenvalue weighted by atomic mass is 9.96. The minimum Gasteiger partial charge on any atom is -0.495 e. The van der Waals surface area contributed by atoms with Crippen molar-refractivity contribution in [3.8, 4) is 11.6 Å². The van der Waals surface area contributed by atoms with E-state index in [1.807, 2.05) is 13.8 Å². The number of benzene rings is 1. The first-order chi connectivity index (χ1) is 14.3. The van der Waals surface area contributed by atoms with Crippen molar-refractivity contribution in [2.75, 3.05) is 7.11 Å². The third kappa shape index (κ3) is 3.49. The molecule has 0 bridgehead atoms. The van der Waals surface area contributed by atoms with E-state index in [2.05, 4.69) is 14.7 Å². The summed E-state index contributed by atoms with van der Waals surface area (Å²) in [6, 6.07) is 8.24. The molecule has 1 amide bonds. The maximum atomic E-state index is 13.2. The molecule has 8 nitrogen and oxygen atoms in total. The van der Waals surface area contributed by atoms with Crippen LogP contribution >= 0.6 is 0 Å². The van der Waals surface area contributed by atoms with Crippen molar-refractivity contribution >= 4 is 26.8 Å². The van der Waals surface area contributed by atoms with E-state index in [0.29, 0.717) is 40.9 Å². The monoisotopic (exact) mass is 429 g/mol. The molecule has 30 heavy (non-hydrogen) atoms. The van der Waals surface area contributed by atoms with Gasteiger partial charge in [-0.25, -0.2) is 18.1 Å². The van der Waals surface area contributed by atoms with Gasteiger partial charge in [0, 0.05) is 22.7 Å². The van der Waals surface area contributed by atoms with Gasteiger partial charge in [-0.05, 0) is 51.0 Å². The second kappa shape index (κ2) is 7.32. The molecule has 3 aromatic rings. The Hall–Kier alpha value is -3.07. The number of carbonyl (C=O) groups is 1. The van der Waals surface area contributed by atoms with Crippen LogP contribution in [0.15, 0.2) is 47.6 Å². The fourth-order valence-corrected chi connectivity index (χ4v) is 4.79. The largest absolute Gasteiger partial charge is 0.495 e. The van der Waals surface area contributed by atoms with Gasteiger partial charge in [-0.2, -0.15) is 0 Å². The van der Waals surface area contributed by atoms with Crippen LogP contribution in [0.4, 0.5) is 0 Å². The number of hydrogen-bond acceptors (Lipinski definition) is 6. The number of methoxy groups -OCH3 is 1. The van der Waals surface area contributed by atoms with Gasteiger partial charge in [0.05, 0.1) is 29.7 Å². The van der Waals surface area contributed by atoms with Crippen molar-refractivity contribution in [3.63, 3.8) is 0 Å². The molecule has 2 aromatic heterocycles. The van der Waals surface area contributed by atoms with E-state index < -0.39 is 21.3 Å². The Morgan fingerprint density at radius 1 is 1.27 bits per heavy atom. The van der Waals surface area contributed by atoms with Crippen LogP contribution < -0.4 is 14.2 Å². The number of fused-ring (bicyclic) bond motifs is 1. The molecule has 0 unspecified atom stereocenters. The molecule has 1 fully saturated rings. The highest BCUT2D eigenvalue weighted by Crippen LogP contribution is 2.52. The van der Waals surface area contributed by atoms with Crippen LogP contribution in [-0.4, -0.2) is 37.5 Å². The molecule has 1 aliphatic rings. The van der Waals surface area contributed by atoms with Gasteiger partial charge in [-0.1, -0.05) is 6.07 Å². The van der Waals surface area contributed by atoms with E-state index in [9.17, 15) is 13.2 Å². The molecule has 0 atom stereocenters. The SMILES string of the molecule is COc1cnc(OC(C)C)c(C2(C(=O)NS(=O)(=O)c3cccc4[nH]ccc34)CC2)c1. The van der Waals surface area contributed by atoms with Crippen molar-refractivity contribution in [1.29, 1.82) is 0 Å². The fourth-order valence-electron chi connectivity index (χ4n) is 3.51. The maximum Gasteiger partial charge on any atom is 0.264 e. The standard InChI is InChI=1S/C21H23N3O5S/c1-13(2)29-19-16(11-14(28-3)12-23-19)21(8-9-21)20(25)24-30(26,27)18-6-4-5-17-15(18)7-10-22-17/h4-7,10-13,22H,8-9H2,1-3H3,(H,24,25). The molecule has 0 saturated heterocycles. The van der Waals surface area contributed by atoms with Gasteiger partial charge in [0.1, 0.15) is 5.75 Å². The van der Waals surface area contributed by atoms with Gasteiger partial charge in [0.2, 0.25) is 11.8 Å². The molecular weight excluding hydrogens is 406 g/mol. The second-order valence-corrected chi connectivity index (χ2v) is 9.26. The first-order valence-corrected chi connectivity index (χ1v) is 11.1. The van der Waals surface area contributed by atoms with E-state index in [1.54, 1.807) is 30.5 Å². The van der Waals surface area contributed by atoms with E-state index in [4.69, 9.17) is 9.47 Å². The molecule has 0 aliphatic heterocycles. The van der Waals surface area contributed by atoms with E-state index in [1.165, 1.54) is 19.4 Å². The number of pyridine rings is 1. The Morgan fingerprint density at radius 2 is 2.03 bits per heavy atom. The van der Waals surface area contributed by atoms with Crippen molar-refractivity contribution in [2.45, 2.75) is 43.1 Å². The highest BCUT2D eigenvalue weighted by molar-refractivity contribution is 7.90. The Balaban J connectivity index is 1.69. The van der Waals surface area contributed by atoms with Crippen LogP contribution in [0.3, 0.4) is 0 Å². The van der Waals surface area contributed by atoms with Crippen LogP contribution in [0, 0.1) is 0 Å². The molecule has 9 heteroatoms. The Morgan fingerprint density at radius 3 is 2.70 bits per heavy atom. The average Bonchev–Trinajstić information content (AvgIpc) is 3.37. The fraction of sp³-hybridized carbons (Fsp3) is 0.333. The summed E-state index contributed by atoms with van der Waals surface area (Å²) in [7, 11) is -2.57. The molecule has 4 rings (SSSR count). The number of sulfonamides is 1. The molecule has 1 aromatic carbocycles. The van der Waals surface area contributed by atoms with Crippen LogP contribution in [0.1, 0.15) is 32.3 Å². The predicted molar refractivity (Wildman–Crippen MR) is 111 cm³/mol. The topological polar surface area (TPSA) is 110 Å². The van der Waals surface area contributed by atoms with Crippen LogP contribution in [0.2, 0.25) is 0 Å². The quantitative estimate of drug-likeness (QED) is 0.598. The van der Waals surface area contributed by atoms with E-state index in [0.717, 1.165) is 0 Å². The number of aromatic nitrogens is 2. The lowest BCUT2D eigenvalue weighted by Gasteiger charge is -2.20. The normalized spacial score (nSPS) is 15.2. The van der Waals surface area contributed by atoms with Gasteiger partial charge >= 0.3 is 0 Å². The van der Waals surface area contributed by atoms with Crippen molar-refractivity contribution in [3.05, 3.63) is 48.3 Å². The van der Waals surface area contributed by atoms with Crippen LogP contribution in [-0.2, 0) is 20.2 Å². The van der Waals surface area contributed by atoms with Crippen molar-refractivity contribution in [1.82, 2.24) is 14.7 Å². The Bertz CT molecular complexity index is 1210. The number of hydrogen-bond donors (Lipinski definition) is 2. The van der Waals surface area contributed by atoms with Gasteiger partial charge in [-0.3, -0.25) is 4.79 Å². The van der Waals surface area contributed by atoms with Gasteiger partial charge in [0.15, 0.2) is 0 Å². The predicted octanol–water partition coefficient (Wildman–Crippen LogP) is 2.90.